The number of hydrogen-bond donors (Lipinski definition) is 0. The molecule has 0 aliphatic rings. The standard InChI is InChI=1S/3C8H18/c2*1-4-6-7-8(3)5-2;1-4-7-8(5-2)6-3/h3*8H,4-7H2,1-3H3/t2*8-;/m10./s1. The summed E-state index contributed by atoms with van der Waals surface area (Å²) in [5, 5.41) is 0. The quantitative estimate of drug-likeness (QED) is 0.331. The van der Waals surface area contributed by atoms with Crippen molar-refractivity contribution in [2.45, 2.75) is 139 Å². The lowest BCUT2D eigenvalue weighted by Gasteiger charge is -2.08. The Kier molecular flexibility index (Phi) is 30.3. The molecule has 0 rings (SSSR count). The number of rotatable bonds is 12. The predicted octanol–water partition coefficient (Wildman–Crippen LogP) is 9.67. The van der Waals surface area contributed by atoms with E-state index < -0.39 is 0 Å². The summed E-state index contributed by atoms with van der Waals surface area (Å²) in [6.07, 6.45) is 16.6. The fourth-order valence-corrected chi connectivity index (χ4v) is 2.62. The van der Waals surface area contributed by atoms with Crippen molar-refractivity contribution >= 4 is 0 Å². The van der Waals surface area contributed by atoms with Crippen LogP contribution < -0.4 is 0 Å². The van der Waals surface area contributed by atoms with Gasteiger partial charge in [0.05, 0.1) is 0 Å². The van der Waals surface area contributed by atoms with Crippen LogP contribution in [0, 0.1) is 17.8 Å². The molecule has 2 atom stereocenters. The molecule has 0 unspecified atom stereocenters. The second kappa shape index (κ2) is 25.2. The van der Waals surface area contributed by atoms with Crippen LogP contribution in [-0.2, 0) is 0 Å². The summed E-state index contributed by atoms with van der Waals surface area (Å²) < 4.78 is 0. The van der Waals surface area contributed by atoms with E-state index in [2.05, 4.69) is 62.3 Å². The average molecular weight is 343 g/mol. The maximum atomic E-state index is 2.33. The Morgan fingerprint density at radius 2 is 0.833 bits per heavy atom. The minimum absolute atomic E-state index is 0.954. The first-order chi connectivity index (χ1) is 11.5. The molecule has 0 heteroatoms. The Hall–Kier alpha value is 0. The van der Waals surface area contributed by atoms with Crippen molar-refractivity contribution in [1.29, 1.82) is 0 Å². The van der Waals surface area contributed by atoms with Gasteiger partial charge in [-0.05, 0) is 17.8 Å². The molecular weight excluding hydrogens is 288 g/mol. The molecule has 0 aliphatic heterocycles. The van der Waals surface area contributed by atoms with Gasteiger partial charge in [-0.15, -0.1) is 0 Å². The van der Waals surface area contributed by atoms with Crippen molar-refractivity contribution in [3.8, 4) is 0 Å². The maximum absolute atomic E-state index is 2.33. The van der Waals surface area contributed by atoms with Gasteiger partial charge in [-0.1, -0.05) is 139 Å². The zero-order chi connectivity index (χ0) is 19.2. The normalized spacial score (nSPS) is 12.8. The second-order valence-corrected chi connectivity index (χ2v) is 7.78. The average Bonchev–Trinajstić information content (AvgIpc) is 2.62. The minimum Gasteiger partial charge on any atom is -0.0654 e. The Balaban J connectivity index is -0.000000276. The fraction of sp³-hybridized carbons (Fsp3) is 1.00. The van der Waals surface area contributed by atoms with E-state index in [1.807, 2.05) is 0 Å². The van der Waals surface area contributed by atoms with Crippen LogP contribution in [0.4, 0.5) is 0 Å². The highest BCUT2D eigenvalue weighted by Crippen LogP contribution is 2.13. The molecule has 150 valence electrons. The molecule has 0 saturated heterocycles. The summed E-state index contributed by atoms with van der Waals surface area (Å²) in [5.41, 5.74) is 0. The maximum Gasteiger partial charge on any atom is -0.0420 e. The van der Waals surface area contributed by atoms with Gasteiger partial charge in [-0.25, -0.2) is 0 Å². The summed E-state index contributed by atoms with van der Waals surface area (Å²) >= 11 is 0. The summed E-state index contributed by atoms with van der Waals surface area (Å²) in [6.45, 7) is 20.5. The third-order valence-corrected chi connectivity index (χ3v) is 5.35. The monoisotopic (exact) mass is 342 g/mol. The molecule has 0 aromatic rings. The third kappa shape index (κ3) is 26.9. The predicted molar refractivity (Wildman–Crippen MR) is 117 cm³/mol. The lowest BCUT2D eigenvalue weighted by molar-refractivity contribution is 0.451. The van der Waals surface area contributed by atoms with E-state index >= 15 is 0 Å². The van der Waals surface area contributed by atoms with Gasteiger partial charge in [-0.3, -0.25) is 0 Å². The molecule has 0 aromatic heterocycles. The number of hydrogen-bond acceptors (Lipinski definition) is 0. The van der Waals surface area contributed by atoms with Crippen molar-refractivity contribution in [3.05, 3.63) is 0 Å². The van der Waals surface area contributed by atoms with Gasteiger partial charge in [0.1, 0.15) is 0 Å². The molecular formula is C24H54. The Labute approximate surface area is 157 Å². The molecule has 0 aliphatic carbocycles. The van der Waals surface area contributed by atoms with Crippen LogP contribution in [0.1, 0.15) is 139 Å². The van der Waals surface area contributed by atoms with Gasteiger partial charge in [0, 0.05) is 0 Å². The largest absolute Gasteiger partial charge is 0.0654 e. The smallest absolute Gasteiger partial charge is 0.0420 e. The van der Waals surface area contributed by atoms with Crippen molar-refractivity contribution in [3.63, 3.8) is 0 Å². The van der Waals surface area contributed by atoms with E-state index in [0.717, 1.165) is 17.8 Å². The topological polar surface area (TPSA) is 0 Å². The Morgan fingerprint density at radius 1 is 0.458 bits per heavy atom. The molecule has 0 spiro atoms. The third-order valence-electron chi connectivity index (χ3n) is 5.35. The van der Waals surface area contributed by atoms with Crippen molar-refractivity contribution in [2.75, 3.05) is 0 Å². The van der Waals surface area contributed by atoms with Gasteiger partial charge in [0.15, 0.2) is 0 Å². The van der Waals surface area contributed by atoms with Crippen LogP contribution >= 0.6 is 0 Å². The molecule has 0 heterocycles. The van der Waals surface area contributed by atoms with E-state index in [0.29, 0.717) is 0 Å². The van der Waals surface area contributed by atoms with Gasteiger partial charge in [0.25, 0.3) is 0 Å². The van der Waals surface area contributed by atoms with Crippen LogP contribution in [0.25, 0.3) is 0 Å². The van der Waals surface area contributed by atoms with Crippen LogP contribution in [0.15, 0.2) is 0 Å². The SMILES string of the molecule is CCCC(CC)CC.CCCC[C@@H](C)CC.CCCC[C@H](C)CC. The lowest BCUT2D eigenvalue weighted by Crippen LogP contribution is -1.94. The Bertz CT molecular complexity index is 166. The zero-order valence-electron chi connectivity index (χ0n) is 19.2. The van der Waals surface area contributed by atoms with Gasteiger partial charge in [-0.2, -0.15) is 0 Å². The summed E-state index contributed by atoms with van der Waals surface area (Å²) in [5.74, 6) is 2.91. The summed E-state index contributed by atoms with van der Waals surface area (Å²) in [7, 11) is 0. The fourth-order valence-electron chi connectivity index (χ4n) is 2.62. The van der Waals surface area contributed by atoms with E-state index in [1.165, 1.54) is 77.0 Å². The first-order valence-corrected chi connectivity index (χ1v) is 11.5. The van der Waals surface area contributed by atoms with E-state index in [4.69, 9.17) is 0 Å². The highest BCUT2D eigenvalue weighted by Gasteiger charge is 1.98. The van der Waals surface area contributed by atoms with Crippen LogP contribution in [0.5, 0.6) is 0 Å². The second-order valence-electron chi connectivity index (χ2n) is 7.78. The molecule has 0 bridgehead atoms. The van der Waals surface area contributed by atoms with Gasteiger partial charge >= 0.3 is 0 Å². The van der Waals surface area contributed by atoms with Crippen molar-refractivity contribution in [1.82, 2.24) is 0 Å². The van der Waals surface area contributed by atoms with E-state index in [1.54, 1.807) is 0 Å². The zero-order valence-corrected chi connectivity index (χ0v) is 19.2. The molecule has 0 nitrogen and oxygen atoms in total. The van der Waals surface area contributed by atoms with Gasteiger partial charge in [0.2, 0.25) is 0 Å². The molecule has 0 fully saturated rings. The molecule has 0 N–H and O–H groups in total. The minimum atomic E-state index is 0.954. The summed E-state index contributed by atoms with van der Waals surface area (Å²) in [4.78, 5) is 0. The molecule has 24 heavy (non-hydrogen) atoms. The first-order valence-electron chi connectivity index (χ1n) is 11.5. The van der Waals surface area contributed by atoms with Crippen molar-refractivity contribution in [2.24, 2.45) is 17.8 Å². The number of unbranched alkanes of at least 4 members (excludes halogenated alkanes) is 2. The van der Waals surface area contributed by atoms with E-state index in [9.17, 15) is 0 Å². The van der Waals surface area contributed by atoms with Gasteiger partial charge < -0.3 is 0 Å². The van der Waals surface area contributed by atoms with E-state index in [-0.39, 0.29) is 0 Å². The van der Waals surface area contributed by atoms with Crippen molar-refractivity contribution < 1.29 is 0 Å². The van der Waals surface area contributed by atoms with Crippen LogP contribution in [0.2, 0.25) is 0 Å². The molecule has 0 saturated carbocycles. The van der Waals surface area contributed by atoms with Crippen LogP contribution in [-0.4, -0.2) is 0 Å². The lowest BCUT2D eigenvalue weighted by atomic mass is 9.98. The first kappa shape index (κ1) is 28.8. The highest BCUT2D eigenvalue weighted by atomic mass is 14.0. The summed E-state index contributed by atoms with van der Waals surface area (Å²) in [6, 6.07) is 0. The Morgan fingerprint density at radius 3 is 1.00 bits per heavy atom. The molecule has 0 amide bonds. The molecule has 0 radical (unpaired) electrons. The van der Waals surface area contributed by atoms with Crippen LogP contribution in [0.3, 0.4) is 0 Å². The molecule has 0 aromatic carbocycles. The highest BCUT2D eigenvalue weighted by molar-refractivity contribution is 4.51.